The first kappa shape index (κ1) is 17.7. The molecule has 1 aromatic rings. The Labute approximate surface area is 149 Å². The summed E-state index contributed by atoms with van der Waals surface area (Å²) < 4.78 is 5.38. The molecule has 2 fully saturated rings. The van der Waals surface area contributed by atoms with Crippen LogP contribution in [0.4, 0.5) is 5.69 Å². The predicted molar refractivity (Wildman–Crippen MR) is 96.3 cm³/mol. The molecular weight excluding hydrogens is 318 g/mol. The minimum Gasteiger partial charge on any atom is -0.378 e. The fraction of sp³-hybridized carbons (Fsp3) is 0.579. The second kappa shape index (κ2) is 7.87. The number of hydrogen-bond acceptors (Lipinski definition) is 4. The van der Waals surface area contributed by atoms with Crippen molar-refractivity contribution in [3.05, 3.63) is 29.8 Å². The minimum atomic E-state index is -0.179. The lowest BCUT2D eigenvalue weighted by atomic mass is 9.95. The zero-order valence-electron chi connectivity index (χ0n) is 15.1. The zero-order valence-corrected chi connectivity index (χ0v) is 15.1. The van der Waals surface area contributed by atoms with Crippen LogP contribution in [-0.4, -0.2) is 68.6 Å². The van der Waals surface area contributed by atoms with Gasteiger partial charge < -0.3 is 19.4 Å². The molecule has 1 aromatic carbocycles. The van der Waals surface area contributed by atoms with Crippen LogP contribution in [0.15, 0.2) is 24.3 Å². The highest BCUT2D eigenvalue weighted by Gasteiger charge is 2.30. The van der Waals surface area contributed by atoms with Crippen LogP contribution in [0.2, 0.25) is 0 Å². The number of nitrogens with zero attached hydrogens (tertiary/aromatic N) is 3. The number of anilines is 1. The van der Waals surface area contributed by atoms with Crippen LogP contribution in [0.25, 0.3) is 0 Å². The summed E-state index contributed by atoms with van der Waals surface area (Å²) in [6.07, 6.45) is 1.08. The molecule has 2 amide bonds. The summed E-state index contributed by atoms with van der Waals surface area (Å²) >= 11 is 0. The number of morpholine rings is 1. The summed E-state index contributed by atoms with van der Waals surface area (Å²) in [6.45, 7) is 4.62. The predicted octanol–water partition coefficient (Wildman–Crippen LogP) is 1.35. The van der Waals surface area contributed by atoms with E-state index in [2.05, 4.69) is 29.2 Å². The van der Waals surface area contributed by atoms with Crippen LogP contribution in [0.1, 0.15) is 18.4 Å². The Morgan fingerprint density at radius 2 is 1.88 bits per heavy atom. The molecule has 25 heavy (non-hydrogen) atoms. The quantitative estimate of drug-likeness (QED) is 0.827. The number of amides is 2. The Bertz CT molecular complexity index is 611. The molecule has 0 saturated carbocycles. The Hall–Kier alpha value is -2.08. The molecular formula is C19H27N3O3. The van der Waals surface area contributed by atoms with Crippen molar-refractivity contribution in [2.45, 2.75) is 19.4 Å². The molecule has 3 rings (SSSR count). The molecule has 0 N–H and O–H groups in total. The molecule has 6 nitrogen and oxygen atoms in total. The lowest BCUT2D eigenvalue weighted by Crippen LogP contribution is -2.42. The van der Waals surface area contributed by atoms with Crippen LogP contribution in [-0.2, 0) is 20.9 Å². The summed E-state index contributed by atoms with van der Waals surface area (Å²) in [7, 11) is 3.61. The maximum atomic E-state index is 12.6. The molecule has 6 heteroatoms. The van der Waals surface area contributed by atoms with Crippen molar-refractivity contribution in [3.63, 3.8) is 0 Å². The highest BCUT2D eigenvalue weighted by Crippen LogP contribution is 2.21. The number of carbonyl (C=O) groups is 2. The number of likely N-dealkylation sites (tertiary alicyclic amines) is 1. The molecule has 2 saturated heterocycles. The van der Waals surface area contributed by atoms with Crippen LogP contribution in [0, 0.1) is 5.92 Å². The third-order valence-corrected chi connectivity index (χ3v) is 5.12. The smallest absolute Gasteiger partial charge is 0.226 e. The molecule has 2 aliphatic rings. The highest BCUT2D eigenvalue weighted by molar-refractivity contribution is 5.86. The Balaban J connectivity index is 1.56. The van der Waals surface area contributed by atoms with Gasteiger partial charge in [0.05, 0.1) is 13.2 Å². The molecule has 2 aliphatic heterocycles. The van der Waals surface area contributed by atoms with Gasteiger partial charge in [0.1, 0.15) is 0 Å². The van der Waals surface area contributed by atoms with E-state index in [0.717, 1.165) is 38.3 Å². The van der Waals surface area contributed by atoms with Gasteiger partial charge in [-0.15, -0.1) is 0 Å². The van der Waals surface area contributed by atoms with Crippen LogP contribution < -0.4 is 4.90 Å². The number of hydrogen-bond donors (Lipinski definition) is 0. The molecule has 2 heterocycles. The molecule has 1 atom stereocenters. The van der Waals surface area contributed by atoms with Gasteiger partial charge >= 0.3 is 0 Å². The molecule has 0 unspecified atom stereocenters. The fourth-order valence-electron chi connectivity index (χ4n) is 3.45. The lowest BCUT2D eigenvalue weighted by Gasteiger charge is -2.31. The number of piperidine rings is 1. The van der Waals surface area contributed by atoms with E-state index in [0.29, 0.717) is 19.5 Å². The monoisotopic (exact) mass is 345 g/mol. The second-order valence-electron chi connectivity index (χ2n) is 6.97. The number of rotatable bonds is 4. The van der Waals surface area contributed by atoms with Gasteiger partial charge in [0.2, 0.25) is 11.8 Å². The third-order valence-electron chi connectivity index (χ3n) is 5.12. The largest absolute Gasteiger partial charge is 0.378 e. The maximum absolute atomic E-state index is 12.6. The summed E-state index contributed by atoms with van der Waals surface area (Å²) in [5, 5.41) is 0. The normalized spacial score (nSPS) is 21.4. The van der Waals surface area contributed by atoms with Gasteiger partial charge in [0.15, 0.2) is 0 Å². The van der Waals surface area contributed by atoms with Gasteiger partial charge in [-0.1, -0.05) is 12.1 Å². The summed E-state index contributed by atoms with van der Waals surface area (Å²) in [4.78, 5) is 30.2. The van der Waals surface area contributed by atoms with E-state index in [1.807, 2.05) is 7.05 Å². The lowest BCUT2D eigenvalue weighted by molar-refractivity contribution is -0.143. The molecule has 136 valence electrons. The molecule has 0 radical (unpaired) electrons. The number of ether oxygens (including phenoxy) is 1. The zero-order chi connectivity index (χ0) is 17.8. The van der Waals surface area contributed by atoms with Crippen molar-refractivity contribution in [1.29, 1.82) is 0 Å². The molecule has 0 aliphatic carbocycles. The number of benzene rings is 1. The van der Waals surface area contributed by atoms with Crippen molar-refractivity contribution < 1.29 is 14.3 Å². The molecule has 0 bridgehead atoms. The minimum absolute atomic E-state index is 0.0628. The first-order chi connectivity index (χ1) is 12.0. The standard InChI is InChI=1S/C19H27N3O3/c1-20-8-7-16(13-18(20)23)19(24)21(2)14-15-3-5-17(6-4-15)22-9-11-25-12-10-22/h3-6,16H,7-14H2,1-2H3/t16-/m1/s1. The van der Waals surface area contributed by atoms with Crippen LogP contribution in [0.5, 0.6) is 0 Å². The van der Waals surface area contributed by atoms with Gasteiger partial charge in [0.25, 0.3) is 0 Å². The Morgan fingerprint density at radius 1 is 1.20 bits per heavy atom. The van der Waals surface area contributed by atoms with E-state index in [1.165, 1.54) is 5.69 Å². The van der Waals surface area contributed by atoms with Crippen LogP contribution >= 0.6 is 0 Å². The maximum Gasteiger partial charge on any atom is 0.226 e. The summed E-state index contributed by atoms with van der Waals surface area (Å²) in [6, 6.07) is 8.37. The van der Waals surface area contributed by atoms with E-state index in [4.69, 9.17) is 4.74 Å². The highest BCUT2D eigenvalue weighted by atomic mass is 16.5. The molecule has 0 spiro atoms. The van der Waals surface area contributed by atoms with E-state index in [9.17, 15) is 9.59 Å². The van der Waals surface area contributed by atoms with Gasteiger partial charge in [-0.2, -0.15) is 0 Å². The van der Waals surface area contributed by atoms with Gasteiger partial charge in [-0.3, -0.25) is 9.59 Å². The van der Waals surface area contributed by atoms with E-state index in [-0.39, 0.29) is 17.7 Å². The van der Waals surface area contributed by atoms with Gasteiger partial charge in [-0.25, -0.2) is 0 Å². The van der Waals surface area contributed by atoms with Crippen molar-refractivity contribution in [2.24, 2.45) is 5.92 Å². The average molecular weight is 345 g/mol. The van der Waals surface area contributed by atoms with Crippen molar-refractivity contribution in [3.8, 4) is 0 Å². The van der Waals surface area contributed by atoms with Gasteiger partial charge in [-0.05, 0) is 24.1 Å². The van der Waals surface area contributed by atoms with Crippen molar-refractivity contribution >= 4 is 17.5 Å². The Morgan fingerprint density at radius 3 is 2.52 bits per heavy atom. The second-order valence-corrected chi connectivity index (χ2v) is 6.97. The van der Waals surface area contributed by atoms with E-state index < -0.39 is 0 Å². The van der Waals surface area contributed by atoms with Crippen molar-refractivity contribution in [2.75, 3.05) is 51.8 Å². The van der Waals surface area contributed by atoms with E-state index >= 15 is 0 Å². The fourth-order valence-corrected chi connectivity index (χ4v) is 3.45. The summed E-state index contributed by atoms with van der Waals surface area (Å²) in [5.41, 5.74) is 2.30. The third kappa shape index (κ3) is 4.31. The van der Waals surface area contributed by atoms with Gasteiger partial charge in [0, 0.05) is 58.3 Å². The van der Waals surface area contributed by atoms with Crippen LogP contribution in [0.3, 0.4) is 0 Å². The topological polar surface area (TPSA) is 53.1 Å². The Kier molecular flexibility index (Phi) is 5.58. The molecule has 0 aromatic heterocycles. The summed E-state index contributed by atoms with van der Waals surface area (Å²) in [5.74, 6) is -0.0482. The average Bonchev–Trinajstić information content (AvgIpc) is 2.64. The number of carbonyl (C=O) groups excluding carboxylic acids is 2. The first-order valence-electron chi connectivity index (χ1n) is 8.95. The van der Waals surface area contributed by atoms with E-state index in [1.54, 1.807) is 16.8 Å². The first-order valence-corrected chi connectivity index (χ1v) is 8.95. The SMILES string of the molecule is CN1CC[C@@H](C(=O)N(C)Cc2ccc(N3CCOCC3)cc2)CC1=O. The van der Waals surface area contributed by atoms with Crippen molar-refractivity contribution in [1.82, 2.24) is 9.80 Å².